The van der Waals surface area contributed by atoms with Crippen LogP contribution in [0.2, 0.25) is 0 Å². The third-order valence-electron chi connectivity index (χ3n) is 27.2. The Morgan fingerprint density at radius 1 is 0.380 bits per heavy atom. The average molecular weight is 2060 g/mol. The second-order valence-electron chi connectivity index (χ2n) is 38.5. The largest absolute Gasteiger partial charge is 0.477 e. The van der Waals surface area contributed by atoms with Gasteiger partial charge in [-0.1, -0.05) is 206 Å². The van der Waals surface area contributed by atoms with E-state index in [2.05, 4.69) is 35.1 Å². The first-order valence-electron chi connectivity index (χ1n) is 50.7. The molecule has 0 aliphatic carbocycles. The number of rotatable bonds is 66. The molecule has 39 atom stereocenters. The van der Waals surface area contributed by atoms with Crippen molar-refractivity contribution >= 4 is 35.6 Å². The maximum absolute atomic E-state index is 13.7. The van der Waals surface area contributed by atoms with Crippen molar-refractivity contribution in [2.45, 2.75) is 491 Å². The predicted molar refractivity (Wildman–Crippen MR) is 491 cm³/mol. The monoisotopic (exact) mass is 2060 g/mol. The molecule has 142 heavy (non-hydrogen) atoms. The van der Waals surface area contributed by atoms with Gasteiger partial charge in [0.25, 0.3) is 11.6 Å². The number of carbonyl (C=O) groups is 6. The summed E-state index contributed by atoms with van der Waals surface area (Å²) in [4.78, 5) is 79.2. The number of hydrogen-bond donors (Lipinski definition) is 28. The van der Waals surface area contributed by atoms with Crippen molar-refractivity contribution in [1.29, 1.82) is 0 Å². The SMILES string of the molecule is CCCCCCCCCCCCC/C=C/[C@@H](O)[C@H](CO[C@@H]1OC(CO)[C@@H](O[C@@H]2OC(CO)[C@H](O[C@@H]3OC(CO)[C@H](O)[C@H](O[C@@H]4OC(CO[C@]5(C(=O)O)CC(O)[C@@H](NC(C)=O)C([C@H](O)[C@H](O)CO)O5)[C@H](O)[C@H](O[C@@H]5OC(CO)[C@H](O)[C@H](O[C@]6(C(=O)O)CC(O)[C@@H](NC(C)=O)C([C@H](O)[C@H](O)CO)O6)C5O)C4NC(C)=O)C3O)[C@H](O)C2O)[C@H](O)C1O)NC(=O)CCCCCCCCCCCCCCCCCCCCC. The molecular weight excluding hydrogens is 1890 g/mol. The fraction of sp³-hybridized carbons (Fsp3) is 0.915. The lowest BCUT2D eigenvalue weighted by Gasteiger charge is -2.52. The Labute approximate surface area is 827 Å². The average Bonchev–Trinajstić information content (AvgIpc) is 0.753. The summed E-state index contributed by atoms with van der Waals surface area (Å²) in [5.41, 5.74) is 0. The van der Waals surface area contributed by atoms with Crippen LogP contribution in [0.1, 0.15) is 253 Å². The highest BCUT2D eigenvalue weighted by Gasteiger charge is 2.64. The summed E-state index contributed by atoms with van der Waals surface area (Å²) in [7, 11) is 0. The number of amides is 4. The Morgan fingerprint density at radius 3 is 1.15 bits per heavy atom. The summed E-state index contributed by atoms with van der Waals surface area (Å²) in [5.74, 6) is -14.3. The standard InChI is InChI=1S/C94H166N4O44/c1-6-8-10-12-14-16-18-20-21-22-23-24-25-27-29-31-33-35-37-39-64(113)98-53(54(108)38-36-34-32-30-28-26-19-17-15-13-11-9-7-2)48-129-87-75(121)73(119)79(61(46-103)133-87)136-88-76(122)74(120)80(62(47-104)134-88)137-89-77(123)84(70(116)59(44-101)131-89)139-86-67(97-52(5)107)81(72(118)63(135-86)49-130-93(91(125)126)40-55(109)65(95-50(3)105)82(140-93)68(114)57(111)42-99)138-90-78(124)85(71(117)60(45-102)132-90)142-94(92(127)128)41-56(110)66(96-51(4)106)83(141-94)69(115)58(112)43-100/h36,38,53-63,65-90,99-104,108-112,114-124H,6-35,37,39-49H2,1-5H3,(H,95,105)(H,96,106)(H,97,107)(H,98,113)(H,125,126)(H,127,128)/b38-36+/t53-,54+,55?,56?,57+,58+,59?,60?,61?,62?,63?,65+,66+,67?,68+,69+,70-,71-,72-,73+,74+,75?,76?,77?,78?,79+,80-,81+,82?,83?,84-,85-,86-,87+,88-,89-,90-,93+,94-/m0/s1. The molecule has 7 heterocycles. The van der Waals surface area contributed by atoms with E-state index in [1.807, 2.05) is 6.08 Å². The fourth-order valence-corrected chi connectivity index (χ4v) is 19.0. The lowest BCUT2D eigenvalue weighted by molar-refractivity contribution is -0.394. The van der Waals surface area contributed by atoms with Gasteiger partial charge in [-0.3, -0.25) is 19.2 Å². The molecule has 48 nitrogen and oxygen atoms in total. The molecule has 0 radical (unpaired) electrons. The van der Waals surface area contributed by atoms with E-state index in [0.29, 0.717) is 12.8 Å². The Kier molecular flexibility index (Phi) is 55.3. The van der Waals surface area contributed by atoms with Gasteiger partial charge in [-0.05, 0) is 19.3 Å². The number of aliphatic hydroxyl groups excluding tert-OH is 22. The molecule has 0 aromatic rings. The quantitative estimate of drug-likeness (QED) is 0.0202. The van der Waals surface area contributed by atoms with Crippen LogP contribution >= 0.6 is 0 Å². The minimum Gasteiger partial charge on any atom is -0.477 e. The molecule has 14 unspecified atom stereocenters. The van der Waals surface area contributed by atoms with Crippen LogP contribution in [0.5, 0.6) is 0 Å². The summed E-state index contributed by atoms with van der Waals surface area (Å²) >= 11 is 0. The topological polar surface area (TPSA) is 765 Å². The number of hydrogen-bond acceptors (Lipinski definition) is 42. The van der Waals surface area contributed by atoms with E-state index in [0.717, 1.165) is 85.0 Å². The molecule has 0 spiro atoms. The van der Waals surface area contributed by atoms with E-state index in [1.54, 1.807) is 6.08 Å². The number of aliphatic hydroxyl groups is 22. The summed E-state index contributed by atoms with van der Waals surface area (Å²) in [6.45, 7) is -1.98. The summed E-state index contributed by atoms with van der Waals surface area (Å²) in [6, 6.07) is -6.95. The van der Waals surface area contributed by atoms with Gasteiger partial charge in [-0.2, -0.15) is 0 Å². The van der Waals surface area contributed by atoms with Gasteiger partial charge >= 0.3 is 11.9 Å². The first-order chi connectivity index (χ1) is 67.8. The molecule has 0 aromatic carbocycles. The molecule has 0 saturated carbocycles. The number of aliphatic carboxylic acids is 2. The highest BCUT2D eigenvalue weighted by Crippen LogP contribution is 2.43. The number of ether oxygens (including phenoxy) is 14. The summed E-state index contributed by atoms with van der Waals surface area (Å²) < 4.78 is 83.3. The molecule has 7 rings (SSSR count). The van der Waals surface area contributed by atoms with Gasteiger partial charge in [-0.25, -0.2) is 9.59 Å². The Hall–Kier alpha value is -4.88. The van der Waals surface area contributed by atoms with Crippen LogP contribution in [0.25, 0.3) is 0 Å². The van der Waals surface area contributed by atoms with Crippen molar-refractivity contribution in [3.8, 4) is 0 Å². The molecule has 7 aliphatic heterocycles. The number of nitrogens with one attached hydrogen (secondary N) is 4. The third kappa shape index (κ3) is 36.2. The zero-order chi connectivity index (χ0) is 105. The van der Waals surface area contributed by atoms with Gasteiger partial charge in [-0.15, -0.1) is 0 Å². The predicted octanol–water partition coefficient (Wildman–Crippen LogP) is -4.48. The first kappa shape index (κ1) is 124. The van der Waals surface area contributed by atoms with E-state index < -0.39 is 333 Å². The summed E-state index contributed by atoms with van der Waals surface area (Å²) in [5, 5.41) is 281. The first-order valence-corrected chi connectivity index (χ1v) is 50.7. The molecule has 28 N–H and O–H groups in total. The van der Waals surface area contributed by atoms with Crippen molar-refractivity contribution in [3.63, 3.8) is 0 Å². The van der Waals surface area contributed by atoms with Crippen LogP contribution < -0.4 is 21.3 Å². The minimum atomic E-state index is -3.40. The van der Waals surface area contributed by atoms with Crippen LogP contribution in [0.15, 0.2) is 12.2 Å². The lowest BCUT2D eigenvalue weighted by Crippen LogP contribution is -2.72. The zero-order valence-electron chi connectivity index (χ0n) is 82.1. The van der Waals surface area contributed by atoms with E-state index in [-0.39, 0.29) is 12.3 Å². The second-order valence-corrected chi connectivity index (χ2v) is 38.5. The van der Waals surface area contributed by atoms with E-state index in [1.165, 1.54) is 122 Å². The Bertz CT molecular complexity index is 3620. The van der Waals surface area contributed by atoms with E-state index >= 15 is 0 Å². The molecule has 7 fully saturated rings. The molecule has 4 amide bonds. The van der Waals surface area contributed by atoms with Crippen LogP contribution in [-0.4, -0.2) is 449 Å². The number of allylic oxidation sites excluding steroid dienone is 1. The molecule has 48 heteroatoms. The Balaban J connectivity index is 1.09. The highest BCUT2D eigenvalue weighted by atomic mass is 16.8. The number of carbonyl (C=O) groups excluding carboxylic acids is 4. The second kappa shape index (κ2) is 63.3. The maximum atomic E-state index is 13.7. The number of unbranched alkanes of at least 4 members (excludes halogenated alkanes) is 29. The van der Waals surface area contributed by atoms with E-state index in [4.69, 9.17) is 66.3 Å². The van der Waals surface area contributed by atoms with Crippen LogP contribution in [0, 0.1) is 0 Å². The fourth-order valence-electron chi connectivity index (χ4n) is 19.0. The van der Waals surface area contributed by atoms with Crippen LogP contribution in [-0.2, 0) is 95.1 Å². The molecule has 0 bridgehead atoms. The summed E-state index contributed by atoms with van der Waals surface area (Å²) in [6.07, 6.45) is -36.8. The number of carboxylic acid groups (broad SMARTS) is 2. The van der Waals surface area contributed by atoms with Crippen molar-refractivity contribution in [2.24, 2.45) is 0 Å². The van der Waals surface area contributed by atoms with Gasteiger partial charge in [0.05, 0.1) is 89.3 Å². The lowest BCUT2D eigenvalue weighted by atomic mass is 9.88. The molecule has 7 saturated heterocycles. The maximum Gasteiger partial charge on any atom is 0.364 e. The van der Waals surface area contributed by atoms with Crippen molar-refractivity contribution in [1.82, 2.24) is 21.3 Å². The van der Waals surface area contributed by atoms with Gasteiger partial charge in [0.1, 0.15) is 159 Å². The van der Waals surface area contributed by atoms with Gasteiger partial charge < -0.3 is 210 Å². The molecule has 7 aliphatic rings. The van der Waals surface area contributed by atoms with Crippen LogP contribution in [0.3, 0.4) is 0 Å². The van der Waals surface area contributed by atoms with Gasteiger partial charge in [0, 0.05) is 40.0 Å². The molecule has 0 aromatic heterocycles. The van der Waals surface area contributed by atoms with Gasteiger partial charge in [0.2, 0.25) is 23.6 Å². The van der Waals surface area contributed by atoms with Crippen LogP contribution in [0.4, 0.5) is 0 Å². The van der Waals surface area contributed by atoms with Gasteiger partial charge in [0.15, 0.2) is 31.5 Å². The Morgan fingerprint density at radius 2 is 0.725 bits per heavy atom. The zero-order valence-corrected chi connectivity index (χ0v) is 82.1. The van der Waals surface area contributed by atoms with E-state index in [9.17, 15) is 151 Å². The van der Waals surface area contributed by atoms with Crippen molar-refractivity contribution in [3.05, 3.63) is 12.2 Å². The molecular formula is C94H166N4O44. The van der Waals surface area contributed by atoms with Crippen molar-refractivity contribution < 1.29 is 218 Å². The van der Waals surface area contributed by atoms with Crippen molar-refractivity contribution in [2.75, 3.05) is 52.9 Å². The minimum absolute atomic E-state index is 0.131. The highest BCUT2D eigenvalue weighted by molar-refractivity contribution is 5.78. The normalized spacial score (nSPS) is 36.0. The third-order valence-corrected chi connectivity index (χ3v) is 27.2. The number of carboxylic acids is 2. The molecule has 826 valence electrons. The smallest absolute Gasteiger partial charge is 0.364 e.